The Morgan fingerprint density at radius 1 is 0.680 bits per heavy atom. The molecule has 4 aromatic carbocycles. The molecule has 0 aliphatic carbocycles. The molecule has 1 fully saturated rings. The van der Waals surface area contributed by atoms with Crippen molar-refractivity contribution >= 4 is 39.5 Å². The molecule has 1 N–H and O–H groups in total. The van der Waals surface area contributed by atoms with Gasteiger partial charge in [0.25, 0.3) is 5.56 Å². The predicted octanol–water partition coefficient (Wildman–Crippen LogP) is 5.62. The Morgan fingerprint density at radius 3 is 1.74 bits per heavy atom. The van der Waals surface area contributed by atoms with Gasteiger partial charge in [-0.05, 0) is 48.0 Å². The van der Waals surface area contributed by atoms with Crippen molar-refractivity contribution in [1.29, 1.82) is 0 Å². The Kier molecular flexibility index (Phi) is 9.19. The Morgan fingerprint density at radius 2 is 1.18 bits per heavy atom. The van der Waals surface area contributed by atoms with E-state index in [-0.39, 0.29) is 26.9 Å². The van der Waals surface area contributed by atoms with Crippen molar-refractivity contribution < 1.29 is 33.3 Å². The summed E-state index contributed by atoms with van der Waals surface area (Å²) in [6.45, 7) is -0.433. The summed E-state index contributed by atoms with van der Waals surface area (Å²) in [5.41, 5.74) is 0.0309. The van der Waals surface area contributed by atoms with E-state index in [1.165, 1.54) is 15.9 Å². The Hall–Kier alpha value is -6.11. The first-order valence-corrected chi connectivity index (χ1v) is 16.4. The molecule has 6 aromatic rings. The minimum atomic E-state index is -1.44. The first-order chi connectivity index (χ1) is 24.4. The lowest BCUT2D eigenvalue weighted by Gasteiger charge is -2.25. The van der Waals surface area contributed by atoms with Gasteiger partial charge in [-0.3, -0.25) is 14.3 Å². The third kappa shape index (κ3) is 6.62. The van der Waals surface area contributed by atoms with Crippen molar-refractivity contribution in [1.82, 2.24) is 9.55 Å². The number of hydrogen-bond donors (Lipinski definition) is 1. The van der Waals surface area contributed by atoms with E-state index in [2.05, 4.69) is 4.98 Å². The van der Waals surface area contributed by atoms with Crippen LogP contribution in [-0.4, -0.2) is 52.4 Å². The average Bonchev–Trinajstić information content (AvgIpc) is 3.74. The van der Waals surface area contributed by atoms with Gasteiger partial charge in [0.1, 0.15) is 17.5 Å². The molecule has 11 nitrogen and oxygen atoms in total. The molecule has 0 radical (unpaired) electrons. The first-order valence-electron chi connectivity index (χ1n) is 15.6. The minimum Gasteiger partial charge on any atom is -0.459 e. The number of esters is 3. The van der Waals surface area contributed by atoms with Gasteiger partial charge in [-0.15, -0.1) is 11.3 Å². The van der Waals surface area contributed by atoms with Crippen molar-refractivity contribution in [3.05, 3.63) is 165 Å². The summed E-state index contributed by atoms with van der Waals surface area (Å²) in [4.78, 5) is 70.1. The second-order valence-electron chi connectivity index (χ2n) is 11.3. The highest BCUT2D eigenvalue weighted by Crippen LogP contribution is 2.39. The highest BCUT2D eigenvalue weighted by atomic mass is 32.1. The van der Waals surface area contributed by atoms with Crippen LogP contribution in [0.3, 0.4) is 0 Å². The number of benzene rings is 4. The summed E-state index contributed by atoms with van der Waals surface area (Å²) in [5.74, 6) is -2.21. The van der Waals surface area contributed by atoms with Gasteiger partial charge in [-0.1, -0.05) is 84.9 Å². The molecule has 3 heterocycles. The molecule has 12 heteroatoms. The minimum absolute atomic E-state index is 0.194. The van der Waals surface area contributed by atoms with Crippen LogP contribution in [0.1, 0.15) is 37.3 Å². The van der Waals surface area contributed by atoms with E-state index in [1.54, 1.807) is 97.1 Å². The normalized spacial score (nSPS) is 18.4. The first kappa shape index (κ1) is 32.4. The van der Waals surface area contributed by atoms with Gasteiger partial charge in [0, 0.05) is 4.88 Å². The smallest absolute Gasteiger partial charge is 0.338 e. The second-order valence-corrected chi connectivity index (χ2v) is 12.4. The Bertz CT molecular complexity index is 2270. The lowest BCUT2D eigenvalue weighted by atomic mass is 10.1. The number of rotatable bonds is 9. The maximum atomic E-state index is 13.7. The van der Waals surface area contributed by atoms with E-state index < -0.39 is 60.3 Å². The molecule has 1 aliphatic rings. The van der Waals surface area contributed by atoms with E-state index in [1.807, 2.05) is 30.3 Å². The third-order valence-corrected chi connectivity index (χ3v) is 9.29. The topological polar surface area (TPSA) is 143 Å². The largest absolute Gasteiger partial charge is 0.459 e. The van der Waals surface area contributed by atoms with Crippen LogP contribution >= 0.6 is 11.3 Å². The van der Waals surface area contributed by atoms with Gasteiger partial charge in [-0.25, -0.2) is 19.2 Å². The molecule has 0 bridgehead atoms. The summed E-state index contributed by atoms with van der Waals surface area (Å²) in [6.07, 6.45) is -5.45. The van der Waals surface area contributed by atoms with E-state index in [9.17, 15) is 24.0 Å². The summed E-state index contributed by atoms with van der Waals surface area (Å²) in [5, 5.41) is 0.196. The predicted molar refractivity (Wildman–Crippen MR) is 184 cm³/mol. The van der Waals surface area contributed by atoms with Crippen molar-refractivity contribution in [3.63, 3.8) is 0 Å². The molecule has 1 aliphatic heterocycles. The molecule has 0 amide bonds. The van der Waals surface area contributed by atoms with Crippen LogP contribution in [-0.2, 0) is 18.9 Å². The molecule has 7 rings (SSSR count). The lowest BCUT2D eigenvalue weighted by molar-refractivity contribution is -0.0618. The fraction of sp³-hybridized carbons (Fsp3) is 0.132. The molecule has 4 atom stereocenters. The SMILES string of the molecule is O=C(OC[C@H]1O[C@@H](n2c(=O)[nH]c(=O)c3cc(-c4ccccc4)sc32)[C@H](OC(=O)c2ccccc2)[C@@H]1OC(=O)c1ccccc1)c1ccccc1. The molecular weight excluding hydrogens is 660 g/mol. The van der Waals surface area contributed by atoms with Crippen LogP contribution in [0.5, 0.6) is 0 Å². The standard InChI is InChI=1S/C38H28N2O9S/c41-32-27-21-29(23-13-5-1-6-14-23)50-34(27)40(38(45)39-32)33-31(49-37(44)26-19-11-4-12-20-26)30(48-36(43)25-17-9-3-10-18-25)28(47-33)22-46-35(42)24-15-7-2-8-16-24/h1-21,28,30-31,33H,22H2,(H,39,41,45)/t28-,30-,31-,33-/m1/s1. The second kappa shape index (κ2) is 14.2. The zero-order chi connectivity index (χ0) is 34.6. The van der Waals surface area contributed by atoms with Gasteiger partial charge in [-0.2, -0.15) is 0 Å². The number of ether oxygens (including phenoxy) is 4. The quantitative estimate of drug-likeness (QED) is 0.151. The molecule has 0 spiro atoms. The van der Waals surface area contributed by atoms with Crippen LogP contribution in [0.4, 0.5) is 0 Å². The van der Waals surface area contributed by atoms with E-state index in [4.69, 9.17) is 18.9 Å². The number of H-pyrrole nitrogens is 1. The number of hydrogen-bond acceptors (Lipinski definition) is 10. The Balaban J connectivity index is 1.33. The summed E-state index contributed by atoms with van der Waals surface area (Å²) < 4.78 is 25.2. The van der Waals surface area contributed by atoms with Crippen LogP contribution in [0.25, 0.3) is 20.7 Å². The number of fused-ring (bicyclic) bond motifs is 1. The number of nitrogens with zero attached hydrogens (tertiary/aromatic N) is 1. The summed E-state index contributed by atoms with van der Waals surface area (Å²) in [7, 11) is 0. The highest BCUT2D eigenvalue weighted by Gasteiger charge is 2.52. The lowest BCUT2D eigenvalue weighted by Crippen LogP contribution is -2.43. The van der Waals surface area contributed by atoms with Crippen molar-refractivity contribution in [2.24, 2.45) is 0 Å². The molecular formula is C38H28N2O9S. The van der Waals surface area contributed by atoms with E-state index in [0.29, 0.717) is 4.88 Å². The fourth-order valence-corrected chi connectivity index (χ4v) is 6.87. The number of carbonyl (C=O) groups is 3. The number of nitrogens with one attached hydrogen (secondary N) is 1. The van der Waals surface area contributed by atoms with Crippen LogP contribution < -0.4 is 11.2 Å². The average molecular weight is 689 g/mol. The zero-order valence-electron chi connectivity index (χ0n) is 26.2. The molecule has 250 valence electrons. The Labute approximate surface area is 288 Å². The number of thiophene rings is 1. The fourth-order valence-electron chi connectivity index (χ4n) is 5.68. The number of aromatic amines is 1. The summed E-state index contributed by atoms with van der Waals surface area (Å²) in [6, 6.07) is 35.5. The maximum absolute atomic E-state index is 13.7. The molecule has 0 saturated carbocycles. The van der Waals surface area contributed by atoms with Crippen molar-refractivity contribution in [2.75, 3.05) is 6.61 Å². The number of aromatic nitrogens is 2. The molecule has 2 aromatic heterocycles. The van der Waals surface area contributed by atoms with E-state index >= 15 is 0 Å². The van der Waals surface area contributed by atoms with Gasteiger partial charge < -0.3 is 18.9 Å². The third-order valence-electron chi connectivity index (χ3n) is 8.11. The van der Waals surface area contributed by atoms with Gasteiger partial charge >= 0.3 is 23.6 Å². The maximum Gasteiger partial charge on any atom is 0.338 e. The van der Waals surface area contributed by atoms with Crippen LogP contribution in [0, 0.1) is 0 Å². The van der Waals surface area contributed by atoms with Crippen LogP contribution in [0.2, 0.25) is 0 Å². The van der Waals surface area contributed by atoms with Crippen molar-refractivity contribution in [3.8, 4) is 10.4 Å². The van der Waals surface area contributed by atoms with Gasteiger partial charge in [0.2, 0.25) is 0 Å². The van der Waals surface area contributed by atoms with E-state index in [0.717, 1.165) is 5.56 Å². The molecule has 1 saturated heterocycles. The van der Waals surface area contributed by atoms with Crippen molar-refractivity contribution in [2.45, 2.75) is 24.5 Å². The molecule has 0 unspecified atom stereocenters. The van der Waals surface area contributed by atoms with Gasteiger partial charge in [0.15, 0.2) is 18.4 Å². The number of carbonyl (C=O) groups excluding carboxylic acids is 3. The van der Waals surface area contributed by atoms with Gasteiger partial charge in [0.05, 0.1) is 22.1 Å². The summed E-state index contributed by atoms with van der Waals surface area (Å²) >= 11 is 1.17. The highest BCUT2D eigenvalue weighted by molar-refractivity contribution is 7.21. The van der Waals surface area contributed by atoms with Crippen LogP contribution in [0.15, 0.2) is 137 Å². The monoisotopic (exact) mass is 688 g/mol. The molecule has 50 heavy (non-hydrogen) atoms. The zero-order valence-corrected chi connectivity index (χ0v) is 27.0.